The zero-order chi connectivity index (χ0) is 13.7. The molecule has 0 aliphatic carbocycles. The number of tetrazole rings is 1. The highest BCUT2D eigenvalue weighted by atomic mass is 35.5. The molecule has 2 N–H and O–H groups in total. The van der Waals surface area contributed by atoms with E-state index in [0.717, 1.165) is 4.52 Å². The second-order valence-corrected chi connectivity index (χ2v) is 4.41. The average Bonchev–Trinajstić information content (AvgIpc) is 3.08. The third-order valence-corrected chi connectivity index (χ3v) is 3.14. The van der Waals surface area contributed by atoms with Crippen LogP contribution in [0.2, 0.25) is 5.02 Å². The van der Waals surface area contributed by atoms with Gasteiger partial charge in [-0.25, -0.2) is 9.78 Å². The molecule has 3 heterocycles. The fraction of sp³-hybridized carbons (Fsp3) is 0. The molecular weight excluding hydrogens is 284 g/mol. The molecule has 0 bridgehead atoms. The number of halogens is 1. The lowest BCUT2D eigenvalue weighted by atomic mass is 10.2. The molecule has 3 aromatic heterocycles. The first-order valence-corrected chi connectivity index (χ1v) is 5.93. The SMILES string of the molecule is O=c1[nH]c2cccc(Cl)c2c2nc(-c3nn[nH]n3)nn12. The van der Waals surface area contributed by atoms with Gasteiger partial charge in [0.2, 0.25) is 11.6 Å². The molecule has 1 aromatic carbocycles. The highest BCUT2D eigenvalue weighted by Crippen LogP contribution is 2.24. The third kappa shape index (κ3) is 1.43. The Morgan fingerprint density at radius 2 is 2.15 bits per heavy atom. The molecule has 4 rings (SSSR count). The zero-order valence-corrected chi connectivity index (χ0v) is 10.5. The van der Waals surface area contributed by atoms with Crippen molar-refractivity contribution in [2.24, 2.45) is 0 Å². The van der Waals surface area contributed by atoms with Crippen molar-refractivity contribution in [1.82, 2.24) is 40.2 Å². The van der Waals surface area contributed by atoms with Gasteiger partial charge in [-0.2, -0.15) is 9.73 Å². The summed E-state index contributed by atoms with van der Waals surface area (Å²) >= 11 is 6.17. The van der Waals surface area contributed by atoms with Gasteiger partial charge in [-0.3, -0.25) is 0 Å². The highest BCUT2D eigenvalue weighted by molar-refractivity contribution is 6.36. The number of nitrogens with one attached hydrogen (secondary N) is 2. The van der Waals surface area contributed by atoms with Crippen molar-refractivity contribution in [2.45, 2.75) is 0 Å². The number of aromatic nitrogens is 8. The first-order valence-electron chi connectivity index (χ1n) is 5.55. The minimum atomic E-state index is -0.419. The Morgan fingerprint density at radius 3 is 2.95 bits per heavy atom. The van der Waals surface area contributed by atoms with Gasteiger partial charge in [-0.05, 0) is 17.3 Å². The topological polar surface area (TPSA) is 118 Å². The van der Waals surface area contributed by atoms with Crippen LogP contribution in [-0.4, -0.2) is 40.2 Å². The van der Waals surface area contributed by atoms with Crippen LogP contribution in [0.25, 0.3) is 28.2 Å². The first kappa shape index (κ1) is 11.1. The number of hydrogen-bond donors (Lipinski definition) is 2. The van der Waals surface area contributed by atoms with Crippen molar-refractivity contribution in [3.05, 3.63) is 33.7 Å². The molecule has 98 valence electrons. The molecule has 4 aromatic rings. The van der Waals surface area contributed by atoms with E-state index in [0.29, 0.717) is 21.6 Å². The van der Waals surface area contributed by atoms with Gasteiger partial charge in [0, 0.05) is 0 Å². The van der Waals surface area contributed by atoms with Crippen LogP contribution < -0.4 is 5.69 Å². The molecule has 0 spiro atoms. The van der Waals surface area contributed by atoms with E-state index in [-0.39, 0.29) is 11.6 Å². The molecule has 20 heavy (non-hydrogen) atoms. The lowest BCUT2D eigenvalue weighted by Crippen LogP contribution is -2.17. The number of aromatic amines is 2. The number of fused-ring (bicyclic) bond motifs is 3. The molecule has 0 fully saturated rings. The molecule has 0 saturated carbocycles. The van der Waals surface area contributed by atoms with Gasteiger partial charge in [-0.15, -0.1) is 15.3 Å². The first-order chi connectivity index (χ1) is 9.74. The molecule has 0 saturated heterocycles. The summed E-state index contributed by atoms with van der Waals surface area (Å²) in [6.45, 7) is 0. The summed E-state index contributed by atoms with van der Waals surface area (Å²) in [6.07, 6.45) is 0. The molecule has 0 atom stereocenters. The fourth-order valence-corrected chi connectivity index (χ4v) is 2.25. The maximum atomic E-state index is 12.0. The lowest BCUT2D eigenvalue weighted by Gasteiger charge is -2.00. The van der Waals surface area contributed by atoms with Crippen LogP contribution in [-0.2, 0) is 0 Å². The van der Waals surface area contributed by atoms with Crippen molar-refractivity contribution >= 4 is 28.2 Å². The molecule has 0 amide bonds. The highest BCUT2D eigenvalue weighted by Gasteiger charge is 2.16. The van der Waals surface area contributed by atoms with Crippen LogP contribution in [0.15, 0.2) is 23.0 Å². The molecule has 0 unspecified atom stereocenters. The molecule has 0 aliphatic heterocycles. The zero-order valence-electron chi connectivity index (χ0n) is 9.70. The minimum absolute atomic E-state index is 0.191. The molecule has 9 nitrogen and oxygen atoms in total. The van der Waals surface area contributed by atoms with Gasteiger partial charge in [-0.1, -0.05) is 17.7 Å². The summed E-state index contributed by atoms with van der Waals surface area (Å²) in [5, 5.41) is 18.4. The summed E-state index contributed by atoms with van der Waals surface area (Å²) in [7, 11) is 0. The summed E-state index contributed by atoms with van der Waals surface area (Å²) in [5.41, 5.74) is 0.508. The average molecular weight is 289 g/mol. The van der Waals surface area contributed by atoms with E-state index in [1.165, 1.54) is 0 Å². The van der Waals surface area contributed by atoms with Crippen LogP contribution in [0, 0.1) is 0 Å². The number of benzene rings is 1. The van der Waals surface area contributed by atoms with Crippen LogP contribution in [0.1, 0.15) is 0 Å². The molecular formula is C10H5ClN8O. The van der Waals surface area contributed by atoms with Crippen molar-refractivity contribution in [1.29, 1.82) is 0 Å². The number of H-pyrrole nitrogens is 2. The summed E-state index contributed by atoms with van der Waals surface area (Å²) < 4.78 is 1.12. The Bertz CT molecular complexity index is 986. The number of nitrogens with zero attached hydrogens (tertiary/aromatic N) is 6. The minimum Gasteiger partial charge on any atom is -0.305 e. The van der Waals surface area contributed by atoms with E-state index < -0.39 is 5.69 Å². The third-order valence-electron chi connectivity index (χ3n) is 2.82. The van der Waals surface area contributed by atoms with E-state index in [4.69, 9.17) is 11.6 Å². The fourth-order valence-electron chi connectivity index (χ4n) is 1.99. The molecule has 0 radical (unpaired) electrons. The summed E-state index contributed by atoms with van der Waals surface area (Å²) in [6, 6.07) is 5.20. The van der Waals surface area contributed by atoms with Gasteiger partial charge in [0.15, 0.2) is 5.65 Å². The van der Waals surface area contributed by atoms with E-state index in [1.807, 2.05) is 0 Å². The Kier molecular flexibility index (Phi) is 2.12. The quantitative estimate of drug-likeness (QED) is 0.523. The Hall–Kier alpha value is -2.81. The molecule has 0 aliphatic rings. The summed E-state index contributed by atoms with van der Waals surface area (Å²) in [4.78, 5) is 18.9. The molecule has 10 heteroatoms. The maximum Gasteiger partial charge on any atom is 0.348 e. The smallest absolute Gasteiger partial charge is 0.305 e. The number of rotatable bonds is 1. The van der Waals surface area contributed by atoms with E-state index in [1.54, 1.807) is 18.2 Å². The second kappa shape index (κ2) is 3.84. The predicted molar refractivity (Wildman–Crippen MR) is 69.3 cm³/mol. The van der Waals surface area contributed by atoms with Crippen LogP contribution in [0.3, 0.4) is 0 Å². The van der Waals surface area contributed by atoms with Gasteiger partial charge in [0.1, 0.15) is 0 Å². The normalized spacial score (nSPS) is 11.4. The maximum absolute atomic E-state index is 12.0. The van der Waals surface area contributed by atoms with Gasteiger partial charge in [0.05, 0.1) is 15.9 Å². The Balaban J connectivity index is 2.18. The van der Waals surface area contributed by atoms with Crippen LogP contribution in [0.4, 0.5) is 0 Å². The van der Waals surface area contributed by atoms with E-state index in [9.17, 15) is 4.79 Å². The Labute approximate surface area is 114 Å². The largest absolute Gasteiger partial charge is 0.348 e. The van der Waals surface area contributed by atoms with Gasteiger partial charge < -0.3 is 4.98 Å². The second-order valence-electron chi connectivity index (χ2n) is 4.00. The van der Waals surface area contributed by atoms with Crippen molar-refractivity contribution in [3.63, 3.8) is 0 Å². The van der Waals surface area contributed by atoms with Crippen molar-refractivity contribution < 1.29 is 0 Å². The van der Waals surface area contributed by atoms with Crippen molar-refractivity contribution in [2.75, 3.05) is 0 Å². The monoisotopic (exact) mass is 288 g/mol. The van der Waals surface area contributed by atoms with Crippen molar-refractivity contribution in [3.8, 4) is 11.6 Å². The van der Waals surface area contributed by atoms with Gasteiger partial charge >= 0.3 is 5.69 Å². The van der Waals surface area contributed by atoms with Gasteiger partial charge in [0.25, 0.3) is 0 Å². The lowest BCUT2D eigenvalue weighted by molar-refractivity contribution is 0.881. The van der Waals surface area contributed by atoms with Crippen LogP contribution in [0.5, 0.6) is 0 Å². The standard InChI is InChI=1S/C10H5ClN8O/c11-4-2-1-3-5-6(4)9-13-7(8-14-17-18-15-8)16-19(9)10(20)12-5/h1-3H,(H,12,20)(H,14,15,17,18). The van der Waals surface area contributed by atoms with Crippen LogP contribution >= 0.6 is 11.6 Å². The van der Waals surface area contributed by atoms with E-state index in [2.05, 4.69) is 35.7 Å². The predicted octanol–water partition coefficient (Wildman–Crippen LogP) is 0.404. The van der Waals surface area contributed by atoms with E-state index >= 15 is 0 Å². The Morgan fingerprint density at radius 1 is 1.25 bits per heavy atom. The summed E-state index contributed by atoms with van der Waals surface area (Å²) in [5.74, 6) is 0.393. The number of hydrogen-bond acceptors (Lipinski definition) is 6.